The normalized spacial score (nSPS) is 31.3. The van der Waals surface area contributed by atoms with E-state index in [9.17, 15) is 4.79 Å². The molecule has 3 N–H and O–H groups in total. The molecule has 2 rings (SSSR count). The van der Waals surface area contributed by atoms with Gasteiger partial charge in [-0.15, -0.1) is 0 Å². The highest BCUT2D eigenvalue weighted by atomic mass is 16.1. The molecular formula is C14H26N2O. The first-order valence-corrected chi connectivity index (χ1v) is 7.28. The number of nitrogens with two attached hydrogens (primary N) is 1. The van der Waals surface area contributed by atoms with Crippen LogP contribution in [0, 0.1) is 11.8 Å². The zero-order valence-corrected chi connectivity index (χ0v) is 10.8. The van der Waals surface area contributed by atoms with Crippen LogP contribution in [0.5, 0.6) is 0 Å². The molecule has 0 bridgehead atoms. The van der Waals surface area contributed by atoms with Gasteiger partial charge >= 0.3 is 0 Å². The highest BCUT2D eigenvalue weighted by Gasteiger charge is 2.25. The average Bonchev–Trinajstić information content (AvgIpc) is 2.38. The number of hydrogen-bond acceptors (Lipinski definition) is 2. The molecule has 17 heavy (non-hydrogen) atoms. The summed E-state index contributed by atoms with van der Waals surface area (Å²) < 4.78 is 0. The van der Waals surface area contributed by atoms with Crippen molar-refractivity contribution in [1.82, 2.24) is 5.32 Å². The Morgan fingerprint density at radius 3 is 2.24 bits per heavy atom. The van der Waals surface area contributed by atoms with Crippen molar-refractivity contribution in [2.45, 2.75) is 63.8 Å². The minimum Gasteiger partial charge on any atom is -0.369 e. The van der Waals surface area contributed by atoms with Gasteiger partial charge in [0.1, 0.15) is 0 Å². The van der Waals surface area contributed by atoms with Crippen molar-refractivity contribution >= 4 is 5.91 Å². The first-order valence-electron chi connectivity index (χ1n) is 7.28. The van der Waals surface area contributed by atoms with Crippen LogP contribution in [0.2, 0.25) is 0 Å². The predicted octanol–water partition coefficient (Wildman–Crippen LogP) is 2.20. The van der Waals surface area contributed by atoms with E-state index in [1.165, 1.54) is 38.6 Å². The van der Waals surface area contributed by atoms with Crippen molar-refractivity contribution in [3.63, 3.8) is 0 Å². The van der Waals surface area contributed by atoms with Crippen LogP contribution >= 0.6 is 0 Å². The number of nitrogens with one attached hydrogen (secondary N) is 1. The number of carbonyl (C=O) groups is 1. The highest BCUT2D eigenvalue weighted by molar-refractivity contribution is 5.76. The fourth-order valence-electron chi connectivity index (χ4n) is 3.31. The van der Waals surface area contributed by atoms with Gasteiger partial charge in [-0.25, -0.2) is 0 Å². The molecule has 0 saturated heterocycles. The monoisotopic (exact) mass is 238 g/mol. The smallest absolute Gasteiger partial charge is 0.220 e. The van der Waals surface area contributed by atoms with Crippen molar-refractivity contribution in [3.05, 3.63) is 0 Å². The quantitative estimate of drug-likeness (QED) is 0.789. The first kappa shape index (κ1) is 12.9. The average molecular weight is 238 g/mol. The van der Waals surface area contributed by atoms with Crippen LogP contribution in [0.4, 0.5) is 0 Å². The van der Waals surface area contributed by atoms with Crippen LogP contribution in [0.25, 0.3) is 0 Å². The first-order chi connectivity index (χ1) is 8.25. The van der Waals surface area contributed by atoms with Gasteiger partial charge in [0, 0.05) is 12.0 Å². The Morgan fingerprint density at radius 2 is 1.65 bits per heavy atom. The maximum atomic E-state index is 11.1. The van der Waals surface area contributed by atoms with Gasteiger partial charge in [0.25, 0.3) is 0 Å². The lowest BCUT2D eigenvalue weighted by molar-refractivity contribution is -0.122. The summed E-state index contributed by atoms with van der Waals surface area (Å²) in [5.74, 6) is 0.941. The summed E-state index contributed by atoms with van der Waals surface area (Å²) in [5.41, 5.74) is 5.34. The fourth-order valence-corrected chi connectivity index (χ4v) is 3.31. The van der Waals surface area contributed by atoms with Gasteiger partial charge in [0.15, 0.2) is 0 Å². The lowest BCUT2D eigenvalue weighted by Crippen LogP contribution is -2.39. The second-order valence-electron chi connectivity index (χ2n) is 5.86. The highest BCUT2D eigenvalue weighted by Crippen LogP contribution is 2.26. The molecule has 0 heterocycles. The summed E-state index contributed by atoms with van der Waals surface area (Å²) in [6.07, 6.45) is 11.3. The maximum Gasteiger partial charge on any atom is 0.220 e. The molecule has 0 unspecified atom stereocenters. The Hall–Kier alpha value is -0.570. The summed E-state index contributed by atoms with van der Waals surface area (Å²) in [7, 11) is 0. The van der Waals surface area contributed by atoms with E-state index < -0.39 is 0 Å². The minimum absolute atomic E-state index is 0.101. The molecule has 0 aliphatic heterocycles. The predicted molar refractivity (Wildman–Crippen MR) is 69.5 cm³/mol. The Balaban J connectivity index is 1.62. The largest absolute Gasteiger partial charge is 0.369 e. The molecule has 2 aliphatic carbocycles. The van der Waals surface area contributed by atoms with Gasteiger partial charge in [-0.05, 0) is 51.0 Å². The molecule has 2 aliphatic rings. The molecule has 2 saturated carbocycles. The van der Waals surface area contributed by atoms with Crippen LogP contribution in [0.3, 0.4) is 0 Å². The van der Waals surface area contributed by atoms with E-state index >= 15 is 0 Å². The lowest BCUT2D eigenvalue weighted by Gasteiger charge is -2.30. The van der Waals surface area contributed by atoms with Crippen LogP contribution in [0.1, 0.15) is 57.8 Å². The van der Waals surface area contributed by atoms with E-state index in [0.717, 1.165) is 31.6 Å². The third-order valence-electron chi connectivity index (χ3n) is 4.55. The SMILES string of the molecule is NC(=O)C1CCC(NCC2CCCCC2)CC1. The van der Waals surface area contributed by atoms with Crippen molar-refractivity contribution in [1.29, 1.82) is 0 Å². The summed E-state index contributed by atoms with van der Waals surface area (Å²) in [6, 6.07) is 0.632. The number of rotatable bonds is 4. The molecule has 98 valence electrons. The Morgan fingerprint density at radius 1 is 1.00 bits per heavy atom. The fraction of sp³-hybridized carbons (Fsp3) is 0.929. The number of primary amides is 1. The molecule has 2 fully saturated rings. The summed E-state index contributed by atoms with van der Waals surface area (Å²) in [5, 5.41) is 3.70. The molecular weight excluding hydrogens is 212 g/mol. The lowest BCUT2D eigenvalue weighted by atomic mass is 9.84. The van der Waals surface area contributed by atoms with Crippen LogP contribution < -0.4 is 11.1 Å². The van der Waals surface area contributed by atoms with Crippen molar-refractivity contribution in [2.24, 2.45) is 17.6 Å². The third kappa shape index (κ3) is 3.98. The Kier molecular flexibility index (Phi) is 4.84. The molecule has 3 nitrogen and oxygen atoms in total. The van der Waals surface area contributed by atoms with Crippen LogP contribution in [-0.4, -0.2) is 18.5 Å². The van der Waals surface area contributed by atoms with Gasteiger partial charge in [-0.3, -0.25) is 4.79 Å². The Labute approximate surface area is 105 Å². The number of hydrogen-bond donors (Lipinski definition) is 2. The molecule has 0 spiro atoms. The zero-order chi connectivity index (χ0) is 12.1. The van der Waals surface area contributed by atoms with E-state index in [-0.39, 0.29) is 11.8 Å². The van der Waals surface area contributed by atoms with Gasteiger partial charge < -0.3 is 11.1 Å². The molecule has 0 atom stereocenters. The summed E-state index contributed by atoms with van der Waals surface area (Å²) in [4.78, 5) is 11.1. The molecule has 1 amide bonds. The van der Waals surface area contributed by atoms with E-state index in [1.807, 2.05) is 0 Å². The number of amides is 1. The molecule has 0 radical (unpaired) electrons. The van der Waals surface area contributed by atoms with Crippen molar-refractivity contribution in [2.75, 3.05) is 6.54 Å². The third-order valence-corrected chi connectivity index (χ3v) is 4.55. The minimum atomic E-state index is -0.101. The summed E-state index contributed by atoms with van der Waals surface area (Å²) >= 11 is 0. The van der Waals surface area contributed by atoms with E-state index in [0.29, 0.717) is 6.04 Å². The second-order valence-corrected chi connectivity index (χ2v) is 5.86. The molecule has 0 aromatic carbocycles. The maximum absolute atomic E-state index is 11.1. The van der Waals surface area contributed by atoms with Gasteiger partial charge in [-0.1, -0.05) is 19.3 Å². The Bertz CT molecular complexity index is 241. The van der Waals surface area contributed by atoms with Crippen LogP contribution in [-0.2, 0) is 4.79 Å². The van der Waals surface area contributed by atoms with Crippen LogP contribution in [0.15, 0.2) is 0 Å². The van der Waals surface area contributed by atoms with Gasteiger partial charge in [0.2, 0.25) is 5.91 Å². The zero-order valence-electron chi connectivity index (χ0n) is 10.8. The molecule has 0 aromatic rings. The topological polar surface area (TPSA) is 55.1 Å². The van der Waals surface area contributed by atoms with Gasteiger partial charge in [0.05, 0.1) is 0 Å². The molecule has 0 aromatic heterocycles. The van der Waals surface area contributed by atoms with E-state index in [2.05, 4.69) is 5.32 Å². The van der Waals surface area contributed by atoms with E-state index in [1.54, 1.807) is 0 Å². The van der Waals surface area contributed by atoms with Crippen molar-refractivity contribution < 1.29 is 4.79 Å². The standard InChI is InChI=1S/C14H26N2O/c15-14(17)12-6-8-13(9-7-12)16-10-11-4-2-1-3-5-11/h11-13,16H,1-10H2,(H2,15,17). The van der Waals surface area contributed by atoms with Crippen molar-refractivity contribution in [3.8, 4) is 0 Å². The van der Waals surface area contributed by atoms with Gasteiger partial charge in [-0.2, -0.15) is 0 Å². The second kappa shape index (κ2) is 6.39. The molecule has 3 heteroatoms. The summed E-state index contributed by atoms with van der Waals surface area (Å²) in [6.45, 7) is 1.19. The van der Waals surface area contributed by atoms with E-state index in [4.69, 9.17) is 5.73 Å². The number of carbonyl (C=O) groups excluding carboxylic acids is 1.